The number of benzene rings is 2. The van der Waals surface area contributed by atoms with Crippen LogP contribution in [0.5, 0.6) is 0 Å². The summed E-state index contributed by atoms with van der Waals surface area (Å²) >= 11 is -0.102. The molecule has 0 aliphatic carbocycles. The molecule has 0 aromatic heterocycles. The van der Waals surface area contributed by atoms with Crippen LogP contribution in [0.25, 0.3) is 11.1 Å². The number of nitriles is 2. The predicted octanol–water partition coefficient (Wildman–Crippen LogP) is 5.44. The van der Waals surface area contributed by atoms with Crippen LogP contribution in [0, 0.1) is 69.2 Å². The molecule has 0 fully saturated rings. The van der Waals surface area contributed by atoms with Gasteiger partial charge >= 0.3 is 215 Å². The fourth-order valence-corrected chi connectivity index (χ4v) is 3.38. The number of ketones is 2. The predicted molar refractivity (Wildman–Crippen MR) is 106 cm³/mol. The molecule has 2 aromatic carbocycles. The summed E-state index contributed by atoms with van der Waals surface area (Å²) in [5.74, 6) is -19.8. The Morgan fingerprint density at radius 1 is 0.684 bits per heavy atom. The summed E-state index contributed by atoms with van der Waals surface area (Å²) in [5, 5.41) is 17.3. The first-order valence-electron chi connectivity index (χ1n) is 9.59. The average molecular weight is 594 g/mol. The van der Waals surface area contributed by atoms with E-state index in [1.165, 1.54) is 0 Å². The molecule has 0 saturated carbocycles. The molecule has 0 bridgehead atoms. The fraction of sp³-hybridized carbons (Fsp3) is 0.130. The molecule has 2 rings (SSSR count). The van der Waals surface area contributed by atoms with Gasteiger partial charge in [-0.1, -0.05) is 0 Å². The minimum absolute atomic E-state index is 0.102. The molecule has 0 aliphatic rings. The van der Waals surface area contributed by atoms with Crippen molar-refractivity contribution in [3.05, 3.63) is 80.8 Å². The second-order valence-electron chi connectivity index (χ2n) is 6.99. The molecular formula is C23H10CuF8N2O4. The Morgan fingerprint density at radius 3 is 1.42 bits per heavy atom. The third-order valence-corrected chi connectivity index (χ3v) is 5.22. The molecular weight excluding hydrogens is 584 g/mol. The van der Waals surface area contributed by atoms with Crippen molar-refractivity contribution < 1.29 is 68.0 Å². The molecule has 0 radical (unpaired) electrons. The van der Waals surface area contributed by atoms with Gasteiger partial charge in [-0.05, 0) is 0 Å². The van der Waals surface area contributed by atoms with E-state index in [1.54, 1.807) is 0 Å². The van der Waals surface area contributed by atoms with Crippen molar-refractivity contribution >= 4 is 22.7 Å². The Kier molecular flexibility index (Phi) is 9.40. The molecule has 0 heterocycles. The molecule has 203 valence electrons. The van der Waals surface area contributed by atoms with Crippen molar-refractivity contribution in [1.82, 2.24) is 0 Å². The van der Waals surface area contributed by atoms with Gasteiger partial charge in [-0.25, -0.2) is 0 Å². The van der Waals surface area contributed by atoms with Gasteiger partial charge in [0.25, 0.3) is 0 Å². The molecule has 0 spiro atoms. The van der Waals surface area contributed by atoms with Gasteiger partial charge in [0, 0.05) is 0 Å². The first-order chi connectivity index (χ1) is 17.7. The van der Waals surface area contributed by atoms with Crippen LogP contribution in [-0.2, 0) is 32.8 Å². The van der Waals surface area contributed by atoms with Crippen LogP contribution in [0.3, 0.4) is 0 Å². The second-order valence-corrected chi connectivity index (χ2v) is 7.56. The number of halogens is 8. The molecule has 0 saturated heterocycles. The molecule has 6 nitrogen and oxygen atoms in total. The van der Waals surface area contributed by atoms with Crippen molar-refractivity contribution in [2.24, 2.45) is 0 Å². The molecule has 38 heavy (non-hydrogen) atoms. The van der Waals surface area contributed by atoms with E-state index in [1.807, 2.05) is 0 Å². The summed E-state index contributed by atoms with van der Waals surface area (Å²) in [6, 6.07) is 1.85. The minimum atomic E-state index is -2.10. The molecule has 0 aliphatic heterocycles. The third kappa shape index (κ3) is 5.39. The van der Waals surface area contributed by atoms with Gasteiger partial charge in [0.1, 0.15) is 0 Å². The van der Waals surface area contributed by atoms with Crippen LogP contribution in [0.1, 0.15) is 43.0 Å². The van der Waals surface area contributed by atoms with E-state index < -0.39 is 97.3 Å². The standard InChI is InChI=1S/C12H7F4NO2.C11H5F4NO2.Cu/c1-4(18)7(5(2)19)8-11(15)9(13)6(3-17)10(14)12(8)16;1-4(18)6(3-17)7-10(14)8(12)5(2-16)9(13)11(7)15;/h18H,1-2H3;3,17H,1H3;/q;;+2/p-2/b7-4+;6-3+;. The summed E-state index contributed by atoms with van der Waals surface area (Å²) in [6.07, 6.45) is 0.262. The monoisotopic (exact) mass is 593 g/mol. The van der Waals surface area contributed by atoms with Gasteiger partial charge in [-0.15, -0.1) is 0 Å². The van der Waals surface area contributed by atoms with Crippen LogP contribution in [-0.4, -0.2) is 11.6 Å². The number of hydrogen-bond donors (Lipinski definition) is 0. The molecule has 2 aromatic rings. The number of Topliss-reactive ketones (excluding diaryl/α,β-unsaturated/α-hetero) is 2. The molecule has 0 atom stereocenters. The van der Waals surface area contributed by atoms with Gasteiger partial charge in [0.15, 0.2) is 0 Å². The number of allylic oxidation sites excluding steroid dienone is 3. The van der Waals surface area contributed by atoms with E-state index in [9.17, 15) is 44.7 Å². The van der Waals surface area contributed by atoms with Gasteiger partial charge in [0.2, 0.25) is 0 Å². The van der Waals surface area contributed by atoms with Crippen LogP contribution in [0.2, 0.25) is 0 Å². The van der Waals surface area contributed by atoms with Crippen molar-refractivity contribution in [3.63, 3.8) is 0 Å². The summed E-state index contributed by atoms with van der Waals surface area (Å²) in [5.41, 5.74) is -8.35. The summed E-state index contributed by atoms with van der Waals surface area (Å²) in [4.78, 5) is 23.9. The number of carbonyl (C=O) groups is 2. The Bertz CT molecular complexity index is 1470. The molecule has 15 heteroatoms. The Morgan fingerprint density at radius 2 is 1.08 bits per heavy atom. The zero-order valence-corrected chi connectivity index (χ0v) is 19.9. The normalized spacial score (nSPS) is 12.0. The second kappa shape index (κ2) is 11.9. The first kappa shape index (κ1) is 30.0. The van der Waals surface area contributed by atoms with Crippen LogP contribution in [0.4, 0.5) is 35.1 Å². The van der Waals surface area contributed by atoms with Crippen molar-refractivity contribution in [3.8, 4) is 12.1 Å². The van der Waals surface area contributed by atoms with Crippen molar-refractivity contribution in [2.45, 2.75) is 20.8 Å². The molecule has 0 unspecified atom stereocenters. The van der Waals surface area contributed by atoms with Crippen LogP contribution >= 0.6 is 0 Å². The van der Waals surface area contributed by atoms with Gasteiger partial charge in [-0.3, -0.25) is 0 Å². The zero-order valence-electron chi connectivity index (χ0n) is 18.9. The van der Waals surface area contributed by atoms with E-state index in [0.29, 0.717) is 0 Å². The van der Waals surface area contributed by atoms with Crippen molar-refractivity contribution in [1.29, 1.82) is 10.5 Å². The fourth-order valence-electron chi connectivity index (χ4n) is 2.97. The SMILES string of the molecule is CC(=O)/C(=C\[O][Cu][O]/C(C)=C(\C(C)=O)c1c(F)c(F)c(C#N)c(F)c1F)c1c(F)c(F)c(C#N)c(F)c1F. The van der Waals surface area contributed by atoms with Gasteiger partial charge in [0.05, 0.1) is 0 Å². The van der Waals surface area contributed by atoms with E-state index in [4.69, 9.17) is 14.3 Å². The first-order valence-corrected chi connectivity index (χ1v) is 10.4. The topological polar surface area (TPSA) is 100 Å². The van der Waals surface area contributed by atoms with Crippen LogP contribution < -0.4 is 0 Å². The number of hydrogen-bond acceptors (Lipinski definition) is 6. The van der Waals surface area contributed by atoms with E-state index in [0.717, 1.165) is 32.9 Å². The Hall–Kier alpha value is -4.20. The maximum atomic E-state index is 14.4. The van der Waals surface area contributed by atoms with Crippen molar-refractivity contribution in [2.75, 3.05) is 0 Å². The zero-order chi connectivity index (χ0) is 29.1. The van der Waals surface area contributed by atoms with E-state index in [-0.39, 0.29) is 21.9 Å². The van der Waals surface area contributed by atoms with Crippen LogP contribution in [0.15, 0.2) is 12.0 Å². The number of rotatable bonds is 8. The van der Waals surface area contributed by atoms with E-state index >= 15 is 0 Å². The number of carbonyl (C=O) groups excluding carboxylic acids is 2. The molecule has 0 amide bonds. The Labute approximate surface area is 215 Å². The Balaban J connectivity index is 2.49. The summed E-state index contributed by atoms with van der Waals surface area (Å²) in [7, 11) is 0. The van der Waals surface area contributed by atoms with E-state index in [2.05, 4.69) is 3.82 Å². The maximum absolute atomic E-state index is 14.4. The summed E-state index contributed by atoms with van der Waals surface area (Å²) in [6.45, 7) is 2.36. The average Bonchev–Trinajstić information content (AvgIpc) is 2.85. The summed E-state index contributed by atoms with van der Waals surface area (Å²) < 4.78 is 123. The molecule has 0 N–H and O–H groups in total. The quantitative estimate of drug-likeness (QED) is 0.101. The van der Waals surface area contributed by atoms with Gasteiger partial charge < -0.3 is 0 Å². The number of nitrogens with zero attached hydrogens (tertiary/aromatic N) is 2. The third-order valence-electron chi connectivity index (χ3n) is 4.65. The van der Waals surface area contributed by atoms with Gasteiger partial charge in [-0.2, -0.15) is 0 Å².